The van der Waals surface area contributed by atoms with Crippen molar-refractivity contribution in [3.05, 3.63) is 41.6 Å². The minimum atomic E-state index is -0.0445. The molecule has 1 aromatic heterocycles. The monoisotopic (exact) mass is 436 g/mol. The molecule has 0 spiro atoms. The van der Waals surface area contributed by atoms with Gasteiger partial charge in [0.15, 0.2) is 0 Å². The Hall–Kier alpha value is -2.60. The van der Waals surface area contributed by atoms with Gasteiger partial charge in [-0.1, -0.05) is 24.6 Å². The Kier molecular flexibility index (Phi) is 6.99. The van der Waals surface area contributed by atoms with Crippen molar-refractivity contribution in [1.82, 2.24) is 20.1 Å². The molecule has 2 atom stereocenters. The van der Waals surface area contributed by atoms with Crippen LogP contribution >= 0.6 is 0 Å². The fourth-order valence-electron chi connectivity index (χ4n) is 5.28. The van der Waals surface area contributed by atoms with Gasteiger partial charge in [-0.25, -0.2) is 0 Å². The number of fused-ring (bicyclic) bond motifs is 2. The average Bonchev–Trinajstić information content (AvgIpc) is 3.06. The van der Waals surface area contributed by atoms with E-state index in [-0.39, 0.29) is 17.7 Å². The molecule has 2 aliphatic heterocycles. The molecule has 6 nitrogen and oxygen atoms in total. The molecule has 1 saturated heterocycles. The van der Waals surface area contributed by atoms with E-state index in [2.05, 4.69) is 66.6 Å². The molecule has 0 bridgehead atoms. The predicted molar refractivity (Wildman–Crippen MR) is 129 cm³/mol. The van der Waals surface area contributed by atoms with Crippen LogP contribution in [0.5, 0.6) is 0 Å². The van der Waals surface area contributed by atoms with Crippen molar-refractivity contribution in [3.63, 3.8) is 0 Å². The van der Waals surface area contributed by atoms with Gasteiger partial charge in [-0.2, -0.15) is 0 Å². The number of H-pyrrole nitrogens is 1. The summed E-state index contributed by atoms with van der Waals surface area (Å²) in [4.78, 5) is 31.1. The number of rotatable bonds is 3. The van der Waals surface area contributed by atoms with E-state index in [4.69, 9.17) is 0 Å². The molecule has 1 aliphatic carbocycles. The van der Waals surface area contributed by atoms with E-state index in [1.165, 1.54) is 34.0 Å². The molecule has 2 N–H and O–H groups in total. The molecule has 1 aromatic carbocycles. The van der Waals surface area contributed by atoms with Gasteiger partial charge in [0.25, 0.3) is 0 Å². The van der Waals surface area contributed by atoms with E-state index < -0.39 is 0 Å². The maximum Gasteiger partial charge on any atom is 0.230 e. The normalized spacial score (nSPS) is 22.7. The zero-order valence-electron chi connectivity index (χ0n) is 19.6. The highest BCUT2D eigenvalue weighted by Gasteiger charge is 2.36. The number of amides is 2. The number of hydrogen-bond acceptors (Lipinski definition) is 3. The van der Waals surface area contributed by atoms with Crippen molar-refractivity contribution in [3.8, 4) is 0 Å². The van der Waals surface area contributed by atoms with E-state index in [1.54, 1.807) is 0 Å². The Morgan fingerprint density at radius 2 is 2.00 bits per heavy atom. The van der Waals surface area contributed by atoms with Crippen LogP contribution in [0.1, 0.15) is 50.7 Å². The van der Waals surface area contributed by atoms with Crippen LogP contribution in [0.4, 0.5) is 0 Å². The van der Waals surface area contributed by atoms with E-state index in [0.717, 1.165) is 51.9 Å². The predicted octanol–water partition coefficient (Wildman–Crippen LogP) is 3.58. The minimum absolute atomic E-state index is 0.0445. The van der Waals surface area contributed by atoms with Crippen LogP contribution in [-0.2, 0) is 16.0 Å². The third-order valence-corrected chi connectivity index (χ3v) is 7.06. The molecule has 3 heterocycles. The largest absolute Gasteiger partial charge is 0.361 e. The number of nitrogens with zero attached hydrogens (tertiary/aromatic N) is 2. The van der Waals surface area contributed by atoms with Crippen LogP contribution in [0.15, 0.2) is 30.5 Å². The van der Waals surface area contributed by atoms with E-state index in [1.807, 2.05) is 4.90 Å². The third kappa shape index (κ3) is 4.46. The highest BCUT2D eigenvalue weighted by molar-refractivity contribution is 5.99. The Balaban J connectivity index is 0.000000260. The molecule has 172 valence electrons. The number of likely N-dealkylation sites (N-methyl/N-ethyl adjacent to an activating group) is 1. The molecular formula is C26H36N4O2. The molecule has 2 amide bonds. The van der Waals surface area contributed by atoms with Crippen molar-refractivity contribution < 1.29 is 9.59 Å². The average molecular weight is 437 g/mol. The second kappa shape index (κ2) is 9.90. The summed E-state index contributed by atoms with van der Waals surface area (Å²) in [5, 5.41) is 4.14. The summed E-state index contributed by atoms with van der Waals surface area (Å²) < 4.78 is 0. The van der Waals surface area contributed by atoms with Gasteiger partial charge in [-0.3, -0.25) is 14.5 Å². The second-order valence-electron chi connectivity index (χ2n) is 9.10. The summed E-state index contributed by atoms with van der Waals surface area (Å²) in [7, 11) is 2.15. The standard InChI is InChI=1S/C20H25N3O.C6H11NO/c1-4-23(5-2)20(24)14-9-16-15-7-6-8-17-19(15)13(11-21-17)10-18(16)22(3)12-14;8-6-4-2-1-3-5-7-6/h6-9,11,14,18,21H,4-5,10,12H2,1-3H3;1-5H2,(H,7,8)/t14-,18-;/m1./s1. The SMILES string of the molecule is CCN(CC)C(=O)[C@@H]1C=C2c3cccc4[nH]cc(c34)C[C@H]2N(C)C1.O=C1CCCCCN1. The Bertz CT molecular complexity index is 994. The van der Waals surface area contributed by atoms with Crippen molar-refractivity contribution in [2.45, 2.75) is 52.0 Å². The molecule has 6 heteroatoms. The number of carbonyl (C=O) groups is 2. The van der Waals surface area contributed by atoms with Crippen LogP contribution in [0.3, 0.4) is 0 Å². The van der Waals surface area contributed by atoms with Gasteiger partial charge in [-0.05, 0) is 62.9 Å². The lowest BCUT2D eigenvalue weighted by Crippen LogP contribution is -2.47. The fraction of sp³-hybridized carbons (Fsp3) is 0.538. The van der Waals surface area contributed by atoms with Gasteiger partial charge >= 0.3 is 0 Å². The summed E-state index contributed by atoms with van der Waals surface area (Å²) >= 11 is 0. The topological polar surface area (TPSA) is 68.4 Å². The minimum Gasteiger partial charge on any atom is -0.361 e. The van der Waals surface area contributed by atoms with Crippen LogP contribution < -0.4 is 5.32 Å². The first-order chi connectivity index (χ1) is 15.5. The first kappa shape index (κ1) is 22.6. The molecule has 0 unspecified atom stereocenters. The summed E-state index contributed by atoms with van der Waals surface area (Å²) in [5.74, 6) is 0.434. The molecule has 2 aromatic rings. The quantitative estimate of drug-likeness (QED) is 0.773. The van der Waals surface area contributed by atoms with Gasteiger partial charge in [0.1, 0.15) is 0 Å². The van der Waals surface area contributed by atoms with Crippen LogP contribution in [-0.4, -0.2) is 65.9 Å². The van der Waals surface area contributed by atoms with Crippen LogP contribution in [0.2, 0.25) is 0 Å². The summed E-state index contributed by atoms with van der Waals surface area (Å²) in [6.45, 7) is 7.35. The summed E-state index contributed by atoms with van der Waals surface area (Å²) in [6.07, 6.45) is 9.59. The molecule has 3 aliphatic rings. The molecule has 32 heavy (non-hydrogen) atoms. The smallest absolute Gasteiger partial charge is 0.230 e. The van der Waals surface area contributed by atoms with Crippen molar-refractivity contribution in [1.29, 1.82) is 0 Å². The lowest BCUT2D eigenvalue weighted by atomic mass is 9.79. The number of aromatic nitrogens is 1. The maximum absolute atomic E-state index is 12.9. The van der Waals surface area contributed by atoms with E-state index in [0.29, 0.717) is 6.04 Å². The first-order valence-corrected chi connectivity index (χ1v) is 12.1. The molecule has 0 radical (unpaired) electrons. The van der Waals surface area contributed by atoms with Crippen molar-refractivity contribution >= 4 is 28.3 Å². The molecule has 0 saturated carbocycles. The van der Waals surface area contributed by atoms with Gasteiger partial charge in [0.2, 0.25) is 11.8 Å². The maximum atomic E-state index is 12.9. The van der Waals surface area contributed by atoms with Crippen LogP contribution in [0, 0.1) is 5.92 Å². The number of hydrogen-bond donors (Lipinski definition) is 2. The Morgan fingerprint density at radius 3 is 2.78 bits per heavy atom. The van der Waals surface area contributed by atoms with Crippen molar-refractivity contribution in [2.24, 2.45) is 5.92 Å². The summed E-state index contributed by atoms with van der Waals surface area (Å²) in [6, 6.07) is 6.82. The molecule has 1 fully saturated rings. The van der Waals surface area contributed by atoms with E-state index >= 15 is 0 Å². The fourth-order valence-corrected chi connectivity index (χ4v) is 5.28. The Labute approximate surface area is 191 Å². The lowest BCUT2D eigenvalue weighted by Gasteiger charge is -2.40. The first-order valence-electron chi connectivity index (χ1n) is 12.1. The van der Waals surface area contributed by atoms with Gasteiger partial charge in [0, 0.05) is 55.7 Å². The molecule has 5 rings (SSSR count). The highest BCUT2D eigenvalue weighted by atomic mass is 16.2. The van der Waals surface area contributed by atoms with Gasteiger partial charge < -0.3 is 15.2 Å². The highest BCUT2D eigenvalue weighted by Crippen LogP contribution is 2.40. The van der Waals surface area contributed by atoms with E-state index in [9.17, 15) is 9.59 Å². The lowest BCUT2D eigenvalue weighted by molar-refractivity contribution is -0.134. The third-order valence-electron chi connectivity index (χ3n) is 7.06. The number of benzene rings is 1. The molecular weight excluding hydrogens is 400 g/mol. The number of aromatic amines is 1. The van der Waals surface area contributed by atoms with Gasteiger partial charge in [0.05, 0.1) is 5.92 Å². The Morgan fingerprint density at radius 1 is 1.19 bits per heavy atom. The second-order valence-corrected chi connectivity index (χ2v) is 9.10. The number of nitrogens with one attached hydrogen (secondary N) is 2. The van der Waals surface area contributed by atoms with Gasteiger partial charge in [-0.15, -0.1) is 0 Å². The summed E-state index contributed by atoms with van der Waals surface area (Å²) in [5.41, 5.74) is 5.21. The zero-order chi connectivity index (χ0) is 22.7. The number of carbonyl (C=O) groups excluding carboxylic acids is 2. The van der Waals surface area contributed by atoms with Crippen LogP contribution in [0.25, 0.3) is 16.5 Å². The van der Waals surface area contributed by atoms with Crippen molar-refractivity contribution in [2.75, 3.05) is 33.2 Å². The zero-order valence-corrected chi connectivity index (χ0v) is 19.6.